The van der Waals surface area contributed by atoms with Gasteiger partial charge in [-0.15, -0.1) is 0 Å². The average Bonchev–Trinajstić information content (AvgIpc) is 2.24. The Kier molecular flexibility index (Phi) is 4.70. The first-order valence-electron chi connectivity index (χ1n) is 4.80. The predicted octanol–water partition coefficient (Wildman–Crippen LogP) is 2.05. The molecule has 2 N–H and O–H groups in total. The molecule has 0 bridgehead atoms. The lowest BCUT2D eigenvalue weighted by atomic mass is 10.1. The molecule has 0 saturated carbocycles. The number of aromatic nitrogens is 1. The number of hydrogen-bond acceptors (Lipinski definition) is 3. The molecule has 1 aromatic rings. The zero-order valence-electron chi connectivity index (χ0n) is 8.57. The number of nitrogens with two attached hydrogens (primary N) is 1. The van der Waals surface area contributed by atoms with Crippen LogP contribution >= 0.6 is 0 Å². The van der Waals surface area contributed by atoms with Gasteiger partial charge < -0.3 is 10.5 Å². The van der Waals surface area contributed by atoms with Crippen molar-refractivity contribution in [2.24, 2.45) is 5.73 Å². The van der Waals surface area contributed by atoms with Gasteiger partial charge in [0.15, 0.2) is 0 Å². The number of ether oxygens (including phenoxy) is 1. The second kappa shape index (κ2) is 5.81. The molecule has 0 aliphatic rings. The summed E-state index contributed by atoms with van der Waals surface area (Å²) in [4.78, 5) is 4.00. The minimum atomic E-state index is -4.28. The number of hydrogen-bond donors (Lipinski definition) is 1. The highest BCUT2D eigenvalue weighted by molar-refractivity contribution is 5.07. The summed E-state index contributed by atoms with van der Waals surface area (Å²) >= 11 is 0. The van der Waals surface area contributed by atoms with Crippen LogP contribution < -0.4 is 5.73 Å². The Balaban J connectivity index is 2.24. The highest BCUT2D eigenvalue weighted by Crippen LogP contribution is 2.15. The lowest BCUT2D eigenvalue weighted by Crippen LogP contribution is -2.20. The van der Waals surface area contributed by atoms with E-state index in [0.717, 1.165) is 0 Å². The summed E-state index contributed by atoms with van der Waals surface area (Å²) in [6.45, 7) is -1.26. The SMILES string of the molecule is NC(CCOCC(F)(F)F)c1ccccn1. The summed E-state index contributed by atoms with van der Waals surface area (Å²) in [6.07, 6.45) is -2.38. The summed E-state index contributed by atoms with van der Waals surface area (Å²) < 4.78 is 39.7. The molecule has 1 atom stereocenters. The zero-order chi connectivity index (χ0) is 12.0. The summed E-state index contributed by atoms with van der Waals surface area (Å²) in [5.41, 5.74) is 6.37. The maximum atomic E-state index is 11.7. The molecule has 6 heteroatoms. The summed E-state index contributed by atoms with van der Waals surface area (Å²) in [7, 11) is 0. The lowest BCUT2D eigenvalue weighted by molar-refractivity contribution is -0.174. The molecule has 1 rings (SSSR count). The molecule has 0 aliphatic carbocycles. The van der Waals surface area contributed by atoms with Gasteiger partial charge in [0.2, 0.25) is 0 Å². The molecule has 3 nitrogen and oxygen atoms in total. The van der Waals surface area contributed by atoms with Gasteiger partial charge in [-0.25, -0.2) is 0 Å². The number of nitrogens with zero attached hydrogens (tertiary/aromatic N) is 1. The van der Waals surface area contributed by atoms with Crippen LogP contribution in [-0.4, -0.2) is 24.4 Å². The Morgan fingerprint density at radius 2 is 2.12 bits per heavy atom. The van der Waals surface area contributed by atoms with E-state index in [1.165, 1.54) is 0 Å². The van der Waals surface area contributed by atoms with Crippen LogP contribution in [0.2, 0.25) is 0 Å². The van der Waals surface area contributed by atoms with Crippen molar-refractivity contribution in [3.8, 4) is 0 Å². The maximum Gasteiger partial charge on any atom is 0.411 e. The molecule has 16 heavy (non-hydrogen) atoms. The third kappa shape index (κ3) is 5.09. The Morgan fingerprint density at radius 3 is 2.69 bits per heavy atom. The zero-order valence-corrected chi connectivity index (χ0v) is 8.57. The van der Waals surface area contributed by atoms with E-state index < -0.39 is 18.8 Å². The summed E-state index contributed by atoms with van der Waals surface area (Å²) in [5, 5.41) is 0. The van der Waals surface area contributed by atoms with Crippen LogP contribution in [0.25, 0.3) is 0 Å². The van der Waals surface area contributed by atoms with E-state index in [1.807, 2.05) is 0 Å². The molecule has 1 aromatic heterocycles. The highest BCUT2D eigenvalue weighted by atomic mass is 19.4. The second-order valence-corrected chi connectivity index (χ2v) is 3.32. The van der Waals surface area contributed by atoms with Gasteiger partial charge in [-0.1, -0.05) is 6.07 Å². The fourth-order valence-electron chi connectivity index (χ4n) is 1.14. The molecule has 0 fully saturated rings. The minimum Gasteiger partial charge on any atom is -0.372 e. The first-order chi connectivity index (χ1) is 7.49. The largest absolute Gasteiger partial charge is 0.411 e. The monoisotopic (exact) mass is 234 g/mol. The molecule has 0 radical (unpaired) electrons. The topological polar surface area (TPSA) is 48.1 Å². The van der Waals surface area contributed by atoms with Crippen LogP contribution in [0.5, 0.6) is 0 Å². The fourth-order valence-corrected chi connectivity index (χ4v) is 1.14. The highest BCUT2D eigenvalue weighted by Gasteiger charge is 2.27. The molecule has 1 heterocycles. The van der Waals surface area contributed by atoms with Gasteiger partial charge in [-0.2, -0.15) is 13.2 Å². The molecule has 0 amide bonds. The van der Waals surface area contributed by atoms with E-state index in [1.54, 1.807) is 24.4 Å². The van der Waals surface area contributed by atoms with Crippen LogP contribution in [0.15, 0.2) is 24.4 Å². The predicted molar refractivity (Wildman–Crippen MR) is 52.7 cm³/mol. The van der Waals surface area contributed by atoms with E-state index in [4.69, 9.17) is 5.73 Å². The summed E-state index contributed by atoms with van der Waals surface area (Å²) in [5.74, 6) is 0. The quantitative estimate of drug-likeness (QED) is 0.793. The number of halogens is 3. The van der Waals surface area contributed by atoms with Crippen LogP contribution in [0.1, 0.15) is 18.2 Å². The standard InChI is InChI=1S/C10H13F3N2O/c11-10(12,13)7-16-6-4-8(14)9-3-1-2-5-15-9/h1-3,5,8H,4,6-7,14H2. The second-order valence-electron chi connectivity index (χ2n) is 3.32. The van der Waals surface area contributed by atoms with Crippen LogP contribution in [0.4, 0.5) is 13.2 Å². The van der Waals surface area contributed by atoms with E-state index in [0.29, 0.717) is 12.1 Å². The van der Waals surface area contributed by atoms with Crippen molar-refractivity contribution in [1.29, 1.82) is 0 Å². The first-order valence-corrected chi connectivity index (χ1v) is 4.80. The number of pyridine rings is 1. The smallest absolute Gasteiger partial charge is 0.372 e. The molecule has 1 unspecified atom stereocenters. The molecule has 0 aliphatic heterocycles. The van der Waals surface area contributed by atoms with Gasteiger partial charge >= 0.3 is 6.18 Å². The van der Waals surface area contributed by atoms with Crippen LogP contribution in [-0.2, 0) is 4.74 Å². The van der Waals surface area contributed by atoms with Gasteiger partial charge in [0, 0.05) is 18.8 Å². The van der Waals surface area contributed by atoms with E-state index in [-0.39, 0.29) is 6.61 Å². The van der Waals surface area contributed by atoms with E-state index >= 15 is 0 Å². The van der Waals surface area contributed by atoms with Gasteiger partial charge in [-0.05, 0) is 18.6 Å². The summed E-state index contributed by atoms with van der Waals surface area (Å²) in [6, 6.07) is 4.86. The van der Waals surface area contributed by atoms with Crippen molar-refractivity contribution in [1.82, 2.24) is 4.98 Å². The maximum absolute atomic E-state index is 11.7. The fraction of sp³-hybridized carbons (Fsp3) is 0.500. The molecule has 0 saturated heterocycles. The number of rotatable bonds is 5. The van der Waals surface area contributed by atoms with Crippen molar-refractivity contribution in [2.75, 3.05) is 13.2 Å². The van der Waals surface area contributed by atoms with Crippen LogP contribution in [0, 0.1) is 0 Å². The van der Waals surface area contributed by atoms with Gasteiger partial charge in [0.05, 0.1) is 5.69 Å². The third-order valence-corrected chi connectivity index (χ3v) is 1.91. The van der Waals surface area contributed by atoms with Crippen molar-refractivity contribution < 1.29 is 17.9 Å². The van der Waals surface area contributed by atoms with Gasteiger partial charge in [-0.3, -0.25) is 4.98 Å². The van der Waals surface area contributed by atoms with Crippen molar-refractivity contribution in [3.63, 3.8) is 0 Å². The van der Waals surface area contributed by atoms with Gasteiger partial charge in [0.25, 0.3) is 0 Å². The third-order valence-electron chi connectivity index (χ3n) is 1.91. The Hall–Kier alpha value is -1.14. The molecule has 90 valence electrons. The van der Waals surface area contributed by atoms with Gasteiger partial charge in [0.1, 0.15) is 6.61 Å². The van der Waals surface area contributed by atoms with Crippen molar-refractivity contribution in [3.05, 3.63) is 30.1 Å². The average molecular weight is 234 g/mol. The molecular weight excluding hydrogens is 221 g/mol. The first kappa shape index (κ1) is 12.9. The lowest BCUT2D eigenvalue weighted by Gasteiger charge is -2.12. The molecule has 0 spiro atoms. The Labute approximate surface area is 91.4 Å². The Morgan fingerprint density at radius 1 is 1.38 bits per heavy atom. The van der Waals surface area contributed by atoms with E-state index in [9.17, 15) is 13.2 Å². The van der Waals surface area contributed by atoms with E-state index in [2.05, 4.69) is 9.72 Å². The number of alkyl halides is 3. The van der Waals surface area contributed by atoms with Crippen LogP contribution in [0.3, 0.4) is 0 Å². The Bertz CT molecular complexity index is 303. The van der Waals surface area contributed by atoms with Crippen molar-refractivity contribution >= 4 is 0 Å². The molecule has 0 aromatic carbocycles. The normalized spacial score (nSPS) is 13.8. The van der Waals surface area contributed by atoms with Crippen molar-refractivity contribution in [2.45, 2.75) is 18.6 Å². The molecular formula is C10H13F3N2O. The minimum absolute atomic E-state index is 0.0305.